The Morgan fingerprint density at radius 2 is 1.50 bits per heavy atom. The lowest BCUT2D eigenvalue weighted by atomic mass is 10.0. The Balaban J connectivity index is 1.83. The monoisotopic (exact) mass is 388 g/mol. The van der Waals surface area contributed by atoms with Crippen molar-refractivity contribution in [1.29, 1.82) is 0 Å². The predicted octanol–water partition coefficient (Wildman–Crippen LogP) is 5.18. The molecule has 1 unspecified atom stereocenters. The third-order valence-corrected chi connectivity index (χ3v) is 8.17. The highest BCUT2D eigenvalue weighted by Crippen LogP contribution is 2.36. The Morgan fingerprint density at radius 3 is 2.12 bits per heavy atom. The molecular formula is C21H24O3S2. The van der Waals surface area contributed by atoms with E-state index >= 15 is 0 Å². The summed E-state index contributed by atoms with van der Waals surface area (Å²) in [6, 6.07) is 17.5. The van der Waals surface area contributed by atoms with Crippen LogP contribution in [0.1, 0.15) is 49.3 Å². The van der Waals surface area contributed by atoms with Gasteiger partial charge in [-0.15, -0.1) is 0 Å². The number of carbonyl (C=O) groups excluding carboxylic acids is 1. The lowest BCUT2D eigenvalue weighted by molar-refractivity contribution is -0.111. The summed E-state index contributed by atoms with van der Waals surface area (Å²) < 4.78 is 26.4. The van der Waals surface area contributed by atoms with Crippen molar-refractivity contribution in [2.45, 2.75) is 53.9 Å². The molecule has 1 saturated carbocycles. The quantitative estimate of drug-likeness (QED) is 0.684. The fraction of sp³-hybridized carbons (Fsp3) is 0.381. The molecule has 3 rings (SSSR count). The Bertz CT molecular complexity index is 811. The number of carbonyl (C=O) groups is 1. The Kier molecular flexibility index (Phi) is 6.54. The summed E-state index contributed by atoms with van der Waals surface area (Å²) in [6.07, 6.45) is 5.68. The fourth-order valence-corrected chi connectivity index (χ4v) is 6.48. The second-order valence-electron chi connectivity index (χ2n) is 6.71. The van der Waals surface area contributed by atoms with E-state index in [2.05, 4.69) is 0 Å². The SMILES string of the molecule is O=C(CC(c1ccccc1)S(=O)(=O)c1ccccc1)SC1CCCCC1. The predicted molar refractivity (Wildman–Crippen MR) is 107 cm³/mol. The van der Waals surface area contributed by atoms with Crippen molar-refractivity contribution in [1.82, 2.24) is 0 Å². The Labute approximate surface area is 160 Å². The molecule has 2 aromatic rings. The van der Waals surface area contributed by atoms with Gasteiger partial charge >= 0.3 is 0 Å². The van der Waals surface area contributed by atoms with Gasteiger partial charge in [-0.2, -0.15) is 0 Å². The maximum atomic E-state index is 13.2. The zero-order valence-electron chi connectivity index (χ0n) is 14.7. The molecule has 0 bridgehead atoms. The number of hydrogen-bond acceptors (Lipinski definition) is 4. The molecule has 5 heteroatoms. The van der Waals surface area contributed by atoms with Gasteiger partial charge < -0.3 is 0 Å². The van der Waals surface area contributed by atoms with E-state index in [-0.39, 0.29) is 16.4 Å². The van der Waals surface area contributed by atoms with Crippen molar-refractivity contribution < 1.29 is 13.2 Å². The van der Waals surface area contributed by atoms with Crippen LogP contribution in [-0.4, -0.2) is 18.8 Å². The largest absolute Gasteiger partial charge is 0.287 e. The smallest absolute Gasteiger partial charge is 0.190 e. The molecule has 1 fully saturated rings. The zero-order valence-corrected chi connectivity index (χ0v) is 16.3. The van der Waals surface area contributed by atoms with Gasteiger partial charge in [0, 0.05) is 11.7 Å². The number of benzene rings is 2. The van der Waals surface area contributed by atoms with Crippen molar-refractivity contribution in [3.8, 4) is 0 Å². The number of sulfone groups is 1. The molecule has 1 aliphatic carbocycles. The molecule has 1 aliphatic rings. The van der Waals surface area contributed by atoms with Gasteiger partial charge in [0.05, 0.1) is 10.1 Å². The maximum absolute atomic E-state index is 13.2. The zero-order chi connectivity index (χ0) is 18.4. The first-order chi connectivity index (χ1) is 12.6. The Hall–Kier alpha value is -1.59. The van der Waals surface area contributed by atoms with Crippen LogP contribution in [0, 0.1) is 0 Å². The normalized spacial score (nSPS) is 16.9. The molecule has 0 N–H and O–H groups in total. The molecule has 26 heavy (non-hydrogen) atoms. The highest BCUT2D eigenvalue weighted by molar-refractivity contribution is 8.14. The van der Waals surface area contributed by atoms with Crippen LogP contribution in [0.3, 0.4) is 0 Å². The van der Waals surface area contributed by atoms with Crippen LogP contribution in [0.2, 0.25) is 0 Å². The molecule has 0 radical (unpaired) electrons. The number of thioether (sulfide) groups is 1. The molecule has 1 atom stereocenters. The van der Waals surface area contributed by atoms with Crippen LogP contribution in [-0.2, 0) is 14.6 Å². The van der Waals surface area contributed by atoms with Crippen molar-refractivity contribution in [3.05, 3.63) is 66.2 Å². The van der Waals surface area contributed by atoms with E-state index < -0.39 is 15.1 Å². The van der Waals surface area contributed by atoms with E-state index in [0.29, 0.717) is 10.8 Å². The van der Waals surface area contributed by atoms with E-state index in [4.69, 9.17) is 0 Å². The molecule has 0 amide bonds. The minimum atomic E-state index is -3.62. The lowest BCUT2D eigenvalue weighted by Crippen LogP contribution is -2.18. The summed E-state index contributed by atoms with van der Waals surface area (Å²) in [5.74, 6) is 0. The summed E-state index contributed by atoms with van der Waals surface area (Å²) in [7, 11) is -3.62. The maximum Gasteiger partial charge on any atom is 0.190 e. The Morgan fingerprint density at radius 1 is 0.923 bits per heavy atom. The van der Waals surface area contributed by atoms with Gasteiger partial charge in [-0.1, -0.05) is 79.6 Å². The van der Waals surface area contributed by atoms with Gasteiger partial charge in [-0.3, -0.25) is 4.79 Å². The van der Waals surface area contributed by atoms with E-state index in [9.17, 15) is 13.2 Å². The molecule has 0 saturated heterocycles. The average Bonchev–Trinajstić information content (AvgIpc) is 2.68. The molecule has 0 aliphatic heterocycles. The summed E-state index contributed by atoms with van der Waals surface area (Å²) in [5, 5.41) is -0.521. The van der Waals surface area contributed by atoms with E-state index in [1.165, 1.54) is 18.2 Å². The molecule has 0 aromatic heterocycles. The highest BCUT2D eigenvalue weighted by atomic mass is 32.2. The second-order valence-corrected chi connectivity index (χ2v) is 10.2. The van der Waals surface area contributed by atoms with E-state index in [0.717, 1.165) is 25.7 Å². The van der Waals surface area contributed by atoms with Crippen LogP contribution in [0.4, 0.5) is 0 Å². The number of rotatable bonds is 6. The standard InChI is InChI=1S/C21H24O3S2/c22-21(25-18-12-6-2-7-13-18)16-20(17-10-4-1-5-11-17)26(23,24)19-14-8-3-9-15-19/h1,3-5,8-11,14-15,18,20H,2,6-7,12-13,16H2. The molecule has 3 nitrogen and oxygen atoms in total. The summed E-state index contributed by atoms with van der Waals surface area (Å²) in [5.41, 5.74) is 0.675. The van der Waals surface area contributed by atoms with Crippen molar-refractivity contribution in [2.24, 2.45) is 0 Å². The first-order valence-corrected chi connectivity index (χ1v) is 11.5. The third kappa shape index (κ3) is 4.77. The average molecular weight is 389 g/mol. The van der Waals surface area contributed by atoms with Crippen LogP contribution < -0.4 is 0 Å². The van der Waals surface area contributed by atoms with E-state index in [1.807, 2.05) is 18.2 Å². The molecule has 138 valence electrons. The van der Waals surface area contributed by atoms with Crippen molar-refractivity contribution in [2.75, 3.05) is 0 Å². The summed E-state index contributed by atoms with van der Waals surface area (Å²) in [6.45, 7) is 0. The number of hydrogen-bond donors (Lipinski definition) is 0. The van der Waals surface area contributed by atoms with Gasteiger partial charge in [0.1, 0.15) is 0 Å². The first-order valence-electron chi connectivity index (χ1n) is 9.11. The van der Waals surface area contributed by atoms with Crippen molar-refractivity contribution in [3.63, 3.8) is 0 Å². The van der Waals surface area contributed by atoms with Crippen LogP contribution >= 0.6 is 11.8 Å². The van der Waals surface area contributed by atoms with Gasteiger partial charge in [-0.25, -0.2) is 8.42 Å². The topological polar surface area (TPSA) is 51.2 Å². The van der Waals surface area contributed by atoms with Crippen LogP contribution in [0.25, 0.3) is 0 Å². The van der Waals surface area contributed by atoms with Gasteiger partial charge in [-0.05, 0) is 30.5 Å². The fourth-order valence-electron chi connectivity index (χ4n) is 3.42. The highest BCUT2D eigenvalue weighted by Gasteiger charge is 2.32. The van der Waals surface area contributed by atoms with Crippen LogP contribution in [0.5, 0.6) is 0 Å². The van der Waals surface area contributed by atoms with Gasteiger partial charge in [0.25, 0.3) is 0 Å². The molecule has 0 heterocycles. The first kappa shape index (κ1) is 19.2. The summed E-state index contributed by atoms with van der Waals surface area (Å²) >= 11 is 1.35. The minimum absolute atomic E-state index is 0.0163. The van der Waals surface area contributed by atoms with Gasteiger partial charge in [0.15, 0.2) is 15.0 Å². The molecule has 0 spiro atoms. The minimum Gasteiger partial charge on any atom is -0.287 e. The van der Waals surface area contributed by atoms with E-state index in [1.54, 1.807) is 42.5 Å². The lowest BCUT2D eigenvalue weighted by Gasteiger charge is -2.22. The van der Waals surface area contributed by atoms with Crippen LogP contribution in [0.15, 0.2) is 65.6 Å². The van der Waals surface area contributed by atoms with Crippen molar-refractivity contribution >= 4 is 26.7 Å². The molecular weight excluding hydrogens is 364 g/mol. The third-order valence-electron chi connectivity index (χ3n) is 4.82. The summed E-state index contributed by atoms with van der Waals surface area (Å²) in [4.78, 5) is 12.9. The second kappa shape index (κ2) is 8.87. The van der Waals surface area contributed by atoms with Gasteiger partial charge in [0.2, 0.25) is 0 Å². The molecule has 2 aromatic carbocycles.